The molecule has 0 aromatic heterocycles. The Morgan fingerprint density at radius 3 is 2.40 bits per heavy atom. The Balaban J connectivity index is 2.03. The molecule has 1 N–H and O–H groups in total. The van der Waals surface area contributed by atoms with Gasteiger partial charge in [-0.1, -0.05) is 31.2 Å². The Kier molecular flexibility index (Phi) is 5.19. The van der Waals surface area contributed by atoms with Crippen molar-refractivity contribution in [2.24, 2.45) is 0 Å². The average molecular weight is 276 g/mol. The third kappa shape index (κ3) is 3.40. The van der Waals surface area contributed by atoms with E-state index in [0.29, 0.717) is 5.92 Å². The number of hydrogen-bond acceptors (Lipinski definition) is 3. The number of likely N-dealkylation sites (N-methyl/N-ethyl adjacent to an activating group) is 1. The Labute approximate surface area is 123 Å². The van der Waals surface area contributed by atoms with Gasteiger partial charge in [-0.2, -0.15) is 0 Å². The number of benzene rings is 1. The second-order valence-electron chi connectivity index (χ2n) is 6.42. The zero-order chi connectivity index (χ0) is 14.7. The van der Waals surface area contributed by atoms with Crippen LogP contribution < -0.4 is 0 Å². The molecule has 3 heteroatoms. The molecule has 0 spiro atoms. The van der Waals surface area contributed by atoms with Crippen molar-refractivity contribution < 1.29 is 5.11 Å². The lowest BCUT2D eigenvalue weighted by Gasteiger charge is -2.39. The fraction of sp³-hybridized carbons (Fsp3) is 0.647. The normalized spacial score (nSPS) is 26.1. The van der Waals surface area contributed by atoms with Crippen LogP contribution >= 0.6 is 0 Å². The smallest absolute Gasteiger partial charge is 0.0948 e. The molecule has 0 saturated heterocycles. The van der Waals surface area contributed by atoms with Crippen molar-refractivity contribution in [3.05, 3.63) is 35.4 Å². The number of rotatable bonds is 5. The first-order chi connectivity index (χ1) is 9.50. The molecule has 1 aromatic rings. The molecular formula is C17H28N2O. The fourth-order valence-corrected chi connectivity index (χ4v) is 3.28. The predicted octanol–water partition coefficient (Wildman–Crippen LogP) is 2.48. The molecule has 0 amide bonds. The van der Waals surface area contributed by atoms with Gasteiger partial charge in [0.05, 0.1) is 6.10 Å². The van der Waals surface area contributed by atoms with Gasteiger partial charge in [0.15, 0.2) is 0 Å². The Morgan fingerprint density at radius 2 is 1.75 bits per heavy atom. The highest BCUT2D eigenvalue weighted by atomic mass is 16.3. The van der Waals surface area contributed by atoms with Crippen molar-refractivity contribution in [1.29, 1.82) is 0 Å². The number of hydrogen-bond donors (Lipinski definition) is 1. The summed E-state index contributed by atoms with van der Waals surface area (Å²) in [5, 5.41) is 10.7. The molecule has 0 aliphatic heterocycles. The molecule has 3 unspecified atom stereocenters. The summed E-state index contributed by atoms with van der Waals surface area (Å²) in [5.74, 6) is 0.524. The van der Waals surface area contributed by atoms with Gasteiger partial charge in [-0.15, -0.1) is 0 Å². The largest absolute Gasteiger partial charge is 0.387 e. The minimum atomic E-state index is -0.355. The van der Waals surface area contributed by atoms with E-state index in [2.05, 4.69) is 56.1 Å². The minimum absolute atomic E-state index is 0.238. The van der Waals surface area contributed by atoms with Gasteiger partial charge < -0.3 is 14.9 Å². The van der Waals surface area contributed by atoms with Gasteiger partial charge >= 0.3 is 0 Å². The maximum atomic E-state index is 10.7. The molecule has 0 bridgehead atoms. The van der Waals surface area contributed by atoms with Crippen molar-refractivity contribution in [2.75, 3.05) is 34.2 Å². The second kappa shape index (κ2) is 6.70. The van der Waals surface area contributed by atoms with Crippen LogP contribution in [0.15, 0.2) is 24.3 Å². The van der Waals surface area contributed by atoms with Crippen LogP contribution in [0.3, 0.4) is 0 Å². The standard InChI is InChI=1S/C17H28N2O/c1-13-12-16(19(4)11-7-10-18(2)3)17(20)15-9-6-5-8-14(13)15/h5-6,8-9,13,16-17,20H,7,10-12H2,1-4H3. The molecule has 112 valence electrons. The summed E-state index contributed by atoms with van der Waals surface area (Å²) in [5.41, 5.74) is 2.44. The topological polar surface area (TPSA) is 26.7 Å². The maximum Gasteiger partial charge on any atom is 0.0948 e. The molecule has 0 fully saturated rings. The van der Waals surface area contributed by atoms with E-state index in [0.717, 1.165) is 31.5 Å². The second-order valence-corrected chi connectivity index (χ2v) is 6.42. The van der Waals surface area contributed by atoms with E-state index in [1.807, 2.05) is 6.07 Å². The zero-order valence-corrected chi connectivity index (χ0v) is 13.2. The lowest BCUT2D eigenvalue weighted by molar-refractivity contribution is 0.0435. The maximum absolute atomic E-state index is 10.7. The Bertz CT molecular complexity index is 433. The van der Waals surface area contributed by atoms with Crippen molar-refractivity contribution >= 4 is 0 Å². The molecule has 20 heavy (non-hydrogen) atoms. The molecule has 0 radical (unpaired) electrons. The average Bonchev–Trinajstić information content (AvgIpc) is 2.42. The highest BCUT2D eigenvalue weighted by Crippen LogP contribution is 2.39. The van der Waals surface area contributed by atoms with E-state index in [4.69, 9.17) is 0 Å². The summed E-state index contributed by atoms with van der Waals surface area (Å²) in [7, 11) is 6.35. The lowest BCUT2D eigenvalue weighted by atomic mass is 9.79. The van der Waals surface area contributed by atoms with E-state index >= 15 is 0 Å². The number of nitrogens with zero attached hydrogens (tertiary/aromatic N) is 2. The van der Waals surface area contributed by atoms with E-state index in [9.17, 15) is 5.11 Å². The quantitative estimate of drug-likeness (QED) is 0.895. The summed E-state index contributed by atoms with van der Waals surface area (Å²) in [6.45, 7) is 4.40. The molecule has 1 aromatic carbocycles. The zero-order valence-electron chi connectivity index (χ0n) is 13.2. The summed E-state index contributed by atoms with van der Waals surface area (Å²) in [6, 6.07) is 8.58. The van der Waals surface area contributed by atoms with Crippen LogP contribution in [0.2, 0.25) is 0 Å². The first-order valence-corrected chi connectivity index (χ1v) is 7.62. The third-order valence-electron chi connectivity index (χ3n) is 4.49. The number of aliphatic hydroxyl groups excluding tert-OH is 1. The van der Waals surface area contributed by atoms with Crippen molar-refractivity contribution in [3.8, 4) is 0 Å². The van der Waals surface area contributed by atoms with E-state index < -0.39 is 0 Å². The molecule has 2 rings (SSSR count). The summed E-state index contributed by atoms with van der Waals surface area (Å²) >= 11 is 0. The molecule has 3 nitrogen and oxygen atoms in total. The minimum Gasteiger partial charge on any atom is -0.387 e. The lowest BCUT2D eigenvalue weighted by Crippen LogP contribution is -2.41. The highest BCUT2D eigenvalue weighted by Gasteiger charge is 2.33. The SMILES string of the molecule is CC1CC(N(C)CCCN(C)C)C(O)c2ccccc21. The molecule has 0 heterocycles. The van der Waals surface area contributed by atoms with Crippen LogP contribution in [0.4, 0.5) is 0 Å². The van der Waals surface area contributed by atoms with Gasteiger partial charge in [-0.05, 0) is 64.1 Å². The summed E-state index contributed by atoms with van der Waals surface area (Å²) in [6.07, 6.45) is 1.83. The number of fused-ring (bicyclic) bond motifs is 1. The first-order valence-electron chi connectivity index (χ1n) is 7.62. The van der Waals surface area contributed by atoms with Crippen LogP contribution in [-0.2, 0) is 0 Å². The van der Waals surface area contributed by atoms with Gasteiger partial charge in [0.1, 0.15) is 0 Å². The summed E-state index contributed by atoms with van der Waals surface area (Å²) in [4.78, 5) is 4.55. The van der Waals surface area contributed by atoms with Crippen LogP contribution in [0.5, 0.6) is 0 Å². The molecule has 0 saturated carbocycles. The summed E-state index contributed by atoms with van der Waals surface area (Å²) < 4.78 is 0. The number of aliphatic hydroxyl groups is 1. The molecule has 3 atom stereocenters. The monoisotopic (exact) mass is 276 g/mol. The molecule has 1 aliphatic rings. The van der Waals surface area contributed by atoms with Gasteiger partial charge in [0.2, 0.25) is 0 Å². The van der Waals surface area contributed by atoms with Gasteiger partial charge in [-0.3, -0.25) is 0 Å². The van der Waals surface area contributed by atoms with E-state index in [1.54, 1.807) is 0 Å². The van der Waals surface area contributed by atoms with Crippen LogP contribution in [-0.4, -0.2) is 55.2 Å². The third-order valence-corrected chi connectivity index (χ3v) is 4.49. The van der Waals surface area contributed by atoms with Gasteiger partial charge in [-0.25, -0.2) is 0 Å². The van der Waals surface area contributed by atoms with Crippen LogP contribution in [0.25, 0.3) is 0 Å². The van der Waals surface area contributed by atoms with Crippen molar-refractivity contribution in [1.82, 2.24) is 9.80 Å². The van der Waals surface area contributed by atoms with Crippen LogP contribution in [0.1, 0.15) is 42.9 Å². The van der Waals surface area contributed by atoms with Crippen LogP contribution in [0, 0.1) is 0 Å². The van der Waals surface area contributed by atoms with Gasteiger partial charge in [0.25, 0.3) is 0 Å². The highest BCUT2D eigenvalue weighted by molar-refractivity contribution is 5.35. The van der Waals surface area contributed by atoms with Gasteiger partial charge in [0, 0.05) is 6.04 Å². The van der Waals surface area contributed by atoms with Crippen molar-refractivity contribution in [2.45, 2.75) is 37.8 Å². The Hall–Kier alpha value is -0.900. The fourth-order valence-electron chi connectivity index (χ4n) is 3.28. The van der Waals surface area contributed by atoms with E-state index in [-0.39, 0.29) is 12.1 Å². The molecule has 1 aliphatic carbocycles. The predicted molar refractivity (Wildman–Crippen MR) is 84.0 cm³/mol. The van der Waals surface area contributed by atoms with Crippen molar-refractivity contribution in [3.63, 3.8) is 0 Å². The Morgan fingerprint density at radius 1 is 1.10 bits per heavy atom. The van der Waals surface area contributed by atoms with E-state index in [1.165, 1.54) is 5.56 Å². The molecular weight excluding hydrogens is 248 g/mol. The first kappa shape index (κ1) is 15.5.